The average molecular weight is 488 g/mol. The molecule has 5 heteroatoms. The third-order valence-electron chi connectivity index (χ3n) is 6.63. The molecule has 6 rings (SSSR count). The largest absolute Gasteiger partial charge is 0.295 e. The van der Waals surface area contributed by atoms with Gasteiger partial charge in [-0.3, -0.25) is 9.88 Å². The molecule has 0 fully saturated rings. The predicted octanol–water partition coefficient (Wildman–Crippen LogP) is 7.14. The number of benzene rings is 3. The molecule has 170 valence electrons. The molecule has 0 saturated heterocycles. The molecular weight excluding hydrogens is 463 g/mol. The van der Waals surface area contributed by atoms with Crippen LogP contribution in [0, 0.1) is 0 Å². The zero-order valence-corrected chi connectivity index (χ0v) is 21.5. The van der Waals surface area contributed by atoms with Gasteiger partial charge in [0.25, 0.3) is 0 Å². The third-order valence-corrected chi connectivity index (χ3v) is 11.1. The Morgan fingerprint density at radius 3 is 2.03 bits per heavy atom. The summed E-state index contributed by atoms with van der Waals surface area (Å²) in [6.45, 7) is 4.77. The van der Waals surface area contributed by atoms with Gasteiger partial charge in [-0.2, -0.15) is 0 Å². The maximum Gasteiger partial charge on any atom is 0.137 e. The van der Waals surface area contributed by atoms with Crippen LogP contribution in [0.15, 0.2) is 116 Å². The van der Waals surface area contributed by atoms with E-state index in [1.54, 1.807) is 0 Å². The van der Waals surface area contributed by atoms with Crippen molar-refractivity contribution < 1.29 is 0 Å². The first-order valence-corrected chi connectivity index (χ1v) is 15.6. The van der Waals surface area contributed by atoms with Gasteiger partial charge in [-0.15, -0.1) is 11.3 Å². The number of pyridine rings is 2. The molecule has 3 heterocycles. The normalized spacial score (nSPS) is 11.7. The highest BCUT2D eigenvalue weighted by molar-refractivity contribution is 7.25. The molecule has 35 heavy (non-hydrogen) atoms. The molecule has 0 radical (unpaired) electrons. The molecule has 0 aliphatic rings. The van der Waals surface area contributed by atoms with Gasteiger partial charge in [0, 0.05) is 49.3 Å². The number of anilines is 3. The average Bonchev–Trinajstić information content (AvgIpc) is 3.28. The van der Waals surface area contributed by atoms with E-state index in [9.17, 15) is 0 Å². The lowest BCUT2D eigenvalue weighted by atomic mass is 10.1. The van der Waals surface area contributed by atoms with E-state index < -0.39 is 8.07 Å². The maximum atomic E-state index is 4.71. The van der Waals surface area contributed by atoms with Gasteiger partial charge in [0.1, 0.15) is 13.9 Å². The highest BCUT2D eigenvalue weighted by Gasteiger charge is 2.28. The smallest absolute Gasteiger partial charge is 0.137 e. The topological polar surface area (TPSA) is 29.0 Å². The molecule has 0 aliphatic heterocycles. The fraction of sp³-hybridized carbons (Fsp3) is 0.0667. The Kier molecular flexibility index (Phi) is 5.44. The summed E-state index contributed by atoms with van der Waals surface area (Å²) in [6.07, 6.45) is 3.76. The van der Waals surface area contributed by atoms with Crippen molar-refractivity contribution in [2.75, 3.05) is 4.90 Å². The first kappa shape index (κ1) is 21.7. The molecule has 0 saturated carbocycles. The molecule has 0 spiro atoms. The van der Waals surface area contributed by atoms with Gasteiger partial charge in [0.05, 0.1) is 0 Å². The summed E-state index contributed by atoms with van der Waals surface area (Å²) in [5.74, 6) is 0.905. The van der Waals surface area contributed by atoms with Crippen LogP contribution in [0.1, 0.15) is 0 Å². The van der Waals surface area contributed by atoms with Crippen molar-refractivity contribution in [2.24, 2.45) is 0 Å². The van der Waals surface area contributed by atoms with Crippen LogP contribution in [0.5, 0.6) is 0 Å². The zero-order valence-electron chi connectivity index (χ0n) is 19.7. The van der Waals surface area contributed by atoms with E-state index in [-0.39, 0.29) is 0 Å². The van der Waals surface area contributed by atoms with Crippen molar-refractivity contribution in [1.82, 2.24) is 9.97 Å². The van der Waals surface area contributed by atoms with E-state index in [2.05, 4.69) is 102 Å². The second kappa shape index (κ2) is 8.76. The number of thiophene rings is 1. The minimum atomic E-state index is -1.90. The molecule has 0 unspecified atom stereocenters. The summed E-state index contributed by atoms with van der Waals surface area (Å²) in [4.78, 5) is 11.6. The van der Waals surface area contributed by atoms with Gasteiger partial charge in [-0.1, -0.05) is 60.7 Å². The van der Waals surface area contributed by atoms with Crippen molar-refractivity contribution in [1.29, 1.82) is 0 Å². The third kappa shape index (κ3) is 3.93. The van der Waals surface area contributed by atoms with Crippen LogP contribution in [0.2, 0.25) is 13.1 Å². The molecule has 0 N–H and O–H groups in total. The van der Waals surface area contributed by atoms with Gasteiger partial charge in [-0.25, -0.2) is 4.98 Å². The van der Waals surface area contributed by atoms with Crippen LogP contribution >= 0.6 is 11.3 Å². The number of para-hydroxylation sites is 1. The molecule has 0 amide bonds. The standard InChI is InChI=1S/C30H25N3SSi/c1-35(2,30-13-7-9-19-32-30)24-15-17-28-26(21-24)25-20-23(14-16-27(25)34-28)33(22-10-4-3-5-11-22)29-12-6-8-18-31-29/h3-21H,1-2H3. The lowest BCUT2D eigenvalue weighted by molar-refractivity contribution is 1.18. The lowest BCUT2D eigenvalue weighted by Crippen LogP contribution is -2.54. The van der Waals surface area contributed by atoms with Crippen LogP contribution in [-0.2, 0) is 0 Å². The number of hydrogen-bond donors (Lipinski definition) is 0. The molecular formula is C30H25N3SSi. The molecule has 0 bridgehead atoms. The Morgan fingerprint density at radius 1 is 0.629 bits per heavy atom. The van der Waals surface area contributed by atoms with E-state index >= 15 is 0 Å². The van der Waals surface area contributed by atoms with Crippen molar-refractivity contribution in [2.45, 2.75) is 13.1 Å². The van der Waals surface area contributed by atoms with Crippen LogP contribution in [0.3, 0.4) is 0 Å². The van der Waals surface area contributed by atoms with Crippen LogP contribution < -0.4 is 15.4 Å². The Labute approximate surface area is 210 Å². The van der Waals surface area contributed by atoms with Gasteiger partial charge in [-0.05, 0) is 60.7 Å². The lowest BCUT2D eigenvalue weighted by Gasteiger charge is -2.24. The summed E-state index contributed by atoms with van der Waals surface area (Å²) < 4.78 is 2.61. The second-order valence-corrected chi connectivity index (χ2v) is 14.6. The number of aromatic nitrogens is 2. The molecule has 0 atom stereocenters. The second-order valence-electron chi connectivity index (χ2n) is 9.19. The van der Waals surface area contributed by atoms with Crippen molar-refractivity contribution in [3.05, 3.63) is 116 Å². The van der Waals surface area contributed by atoms with Gasteiger partial charge in [0.2, 0.25) is 0 Å². The number of rotatable bonds is 5. The van der Waals surface area contributed by atoms with Crippen molar-refractivity contribution in [3.63, 3.8) is 0 Å². The van der Waals surface area contributed by atoms with Crippen LogP contribution in [0.4, 0.5) is 17.2 Å². The minimum Gasteiger partial charge on any atom is -0.295 e. The molecule has 3 aromatic heterocycles. The summed E-state index contributed by atoms with van der Waals surface area (Å²) in [7, 11) is -1.90. The number of fused-ring (bicyclic) bond motifs is 3. The fourth-order valence-electron chi connectivity index (χ4n) is 4.65. The Bertz CT molecular complexity index is 1570. The van der Waals surface area contributed by atoms with Crippen molar-refractivity contribution in [3.8, 4) is 0 Å². The quantitative estimate of drug-likeness (QED) is 0.242. The zero-order chi connectivity index (χ0) is 23.8. The Balaban J connectivity index is 1.52. The van der Waals surface area contributed by atoms with Crippen LogP contribution in [0.25, 0.3) is 20.2 Å². The van der Waals surface area contributed by atoms with Gasteiger partial charge in [0.15, 0.2) is 0 Å². The fourth-order valence-corrected chi connectivity index (χ4v) is 7.93. The van der Waals surface area contributed by atoms with E-state index in [1.807, 2.05) is 48.0 Å². The van der Waals surface area contributed by atoms with Gasteiger partial charge >= 0.3 is 0 Å². The van der Waals surface area contributed by atoms with Crippen molar-refractivity contribution >= 4 is 67.3 Å². The molecule has 6 aromatic rings. The summed E-state index contributed by atoms with van der Waals surface area (Å²) in [5.41, 5.74) is 2.20. The highest BCUT2D eigenvalue weighted by atomic mass is 32.1. The van der Waals surface area contributed by atoms with E-state index in [4.69, 9.17) is 4.98 Å². The Hall–Kier alpha value is -3.80. The van der Waals surface area contributed by atoms with E-state index in [0.29, 0.717) is 0 Å². The van der Waals surface area contributed by atoms with Crippen LogP contribution in [-0.4, -0.2) is 18.0 Å². The first-order valence-electron chi connectivity index (χ1n) is 11.8. The molecule has 3 aromatic carbocycles. The Morgan fingerprint density at radius 2 is 1.31 bits per heavy atom. The highest BCUT2D eigenvalue weighted by Crippen LogP contribution is 2.39. The predicted molar refractivity (Wildman–Crippen MR) is 153 cm³/mol. The van der Waals surface area contributed by atoms with E-state index in [0.717, 1.165) is 17.2 Å². The summed E-state index contributed by atoms with van der Waals surface area (Å²) in [5, 5.41) is 5.21. The molecule has 3 nitrogen and oxygen atoms in total. The van der Waals surface area contributed by atoms with E-state index in [1.165, 1.54) is 30.7 Å². The first-order chi connectivity index (χ1) is 17.1. The number of hydrogen-bond acceptors (Lipinski definition) is 4. The monoisotopic (exact) mass is 487 g/mol. The van der Waals surface area contributed by atoms with Gasteiger partial charge < -0.3 is 0 Å². The molecule has 0 aliphatic carbocycles. The minimum absolute atomic E-state index is 0.905. The SMILES string of the molecule is C[Si](C)(c1ccc2sc3ccc(N(c4ccccc4)c4ccccn4)cc3c2c1)c1ccccn1. The number of nitrogens with zero attached hydrogens (tertiary/aromatic N) is 3. The summed E-state index contributed by atoms with van der Waals surface area (Å²) >= 11 is 1.85. The maximum absolute atomic E-state index is 4.71. The summed E-state index contributed by atoms with van der Waals surface area (Å²) in [6, 6.07) is 36.5.